The summed E-state index contributed by atoms with van der Waals surface area (Å²) in [7, 11) is 0. The van der Waals surface area contributed by atoms with E-state index in [1.807, 2.05) is 0 Å². The number of Topliss-reactive ketones (excluding diaryl/α,β-unsaturated/α-hetero) is 1. The number of nitrogens with zero attached hydrogens (tertiary/aromatic N) is 1. The molecule has 1 aromatic rings. The normalized spacial score (nSPS) is 19.5. The Labute approximate surface area is 109 Å². The Morgan fingerprint density at radius 3 is 2.83 bits per heavy atom. The van der Waals surface area contributed by atoms with Crippen molar-refractivity contribution < 1.29 is 14.3 Å². The summed E-state index contributed by atoms with van der Waals surface area (Å²) in [5.41, 5.74) is 5.21. The van der Waals surface area contributed by atoms with Crippen LogP contribution in [0.15, 0.2) is 0 Å². The summed E-state index contributed by atoms with van der Waals surface area (Å²) in [5.74, 6) is -0.955. The minimum absolute atomic E-state index is 0.284. The highest BCUT2D eigenvalue weighted by atomic mass is 32.1. The molecule has 0 unspecified atom stereocenters. The van der Waals surface area contributed by atoms with Gasteiger partial charge in [0.2, 0.25) is 5.78 Å². The lowest BCUT2D eigenvalue weighted by atomic mass is 10.0. The number of carbonyl (C=O) groups is 2. The first kappa shape index (κ1) is 13.0. The van der Waals surface area contributed by atoms with Gasteiger partial charge in [-0.05, 0) is 20.8 Å². The number of rotatable bonds is 1. The fourth-order valence-corrected chi connectivity index (χ4v) is 2.45. The van der Waals surface area contributed by atoms with Crippen LogP contribution in [0.25, 0.3) is 0 Å². The molecule has 3 N–H and O–H groups in total. The van der Waals surface area contributed by atoms with Gasteiger partial charge in [-0.3, -0.25) is 10.1 Å². The number of fused-ring (bicyclic) bond motifs is 1. The monoisotopic (exact) mass is 269 g/mol. The first-order valence-corrected chi connectivity index (χ1v) is 6.35. The van der Waals surface area contributed by atoms with Crippen molar-refractivity contribution in [3.05, 3.63) is 10.6 Å². The van der Waals surface area contributed by atoms with Gasteiger partial charge in [0.25, 0.3) is 0 Å². The Bertz CT molecular complexity index is 504. The molecule has 6 nitrogen and oxygen atoms in total. The molecule has 2 rings (SSSR count). The van der Waals surface area contributed by atoms with E-state index in [-0.39, 0.29) is 11.5 Å². The second-order valence-corrected chi connectivity index (χ2v) is 6.15. The molecule has 0 bridgehead atoms. The zero-order valence-electron chi connectivity index (χ0n) is 10.4. The average Bonchev–Trinajstić information content (AvgIpc) is 2.57. The van der Waals surface area contributed by atoms with Crippen LogP contribution in [-0.4, -0.2) is 28.4 Å². The van der Waals surface area contributed by atoms with E-state index in [0.717, 1.165) is 4.88 Å². The molecule has 0 saturated carbocycles. The molecular formula is C11H15N3O3S. The standard InChI is InChI=1S/C11H15N3O3S/c1-11(2,3)17-9(16)7-8(15)6-5(4-13-7)18-10(12)14-6/h7,13H,4H2,1-3H3,(H2,12,14)/t7-/m1/s1. The number of hydrogen-bond acceptors (Lipinski definition) is 7. The lowest BCUT2D eigenvalue weighted by Crippen LogP contribution is -2.49. The number of nitrogens with one attached hydrogen (secondary N) is 1. The van der Waals surface area contributed by atoms with Crippen molar-refractivity contribution in [2.45, 2.75) is 39.0 Å². The largest absolute Gasteiger partial charge is 0.458 e. The SMILES string of the molecule is CC(C)(C)OC(=O)[C@@H]1NCc2sc(N)nc2C1=O. The summed E-state index contributed by atoms with van der Waals surface area (Å²) in [6.45, 7) is 5.67. The van der Waals surface area contributed by atoms with E-state index < -0.39 is 17.6 Å². The van der Waals surface area contributed by atoms with Crippen LogP contribution in [0.1, 0.15) is 36.1 Å². The molecule has 1 aliphatic heterocycles. The number of thiazole rings is 1. The maximum atomic E-state index is 12.1. The topological polar surface area (TPSA) is 94.3 Å². The Balaban J connectivity index is 2.19. The molecule has 0 aliphatic carbocycles. The van der Waals surface area contributed by atoms with E-state index >= 15 is 0 Å². The van der Waals surface area contributed by atoms with Crippen molar-refractivity contribution in [1.29, 1.82) is 0 Å². The summed E-state index contributed by atoms with van der Waals surface area (Å²) in [6.07, 6.45) is 0. The van der Waals surface area contributed by atoms with Crippen LogP contribution in [0, 0.1) is 0 Å². The summed E-state index contributed by atoms with van der Waals surface area (Å²) in [4.78, 5) is 28.7. The molecule has 0 fully saturated rings. The van der Waals surface area contributed by atoms with Crippen molar-refractivity contribution in [1.82, 2.24) is 10.3 Å². The summed E-state index contributed by atoms with van der Waals surface area (Å²) >= 11 is 1.25. The zero-order chi connectivity index (χ0) is 13.5. The van der Waals surface area contributed by atoms with Crippen LogP contribution < -0.4 is 11.1 Å². The smallest absolute Gasteiger partial charge is 0.331 e. The Hall–Kier alpha value is -1.47. The van der Waals surface area contributed by atoms with Crippen LogP contribution in [0.4, 0.5) is 5.13 Å². The van der Waals surface area contributed by atoms with Gasteiger partial charge in [0.15, 0.2) is 11.2 Å². The molecule has 0 aromatic carbocycles. The van der Waals surface area contributed by atoms with Crippen molar-refractivity contribution >= 4 is 28.2 Å². The number of nitrogens with two attached hydrogens (primary N) is 1. The maximum absolute atomic E-state index is 12.1. The fourth-order valence-electron chi connectivity index (χ4n) is 1.66. The minimum atomic E-state index is -0.988. The van der Waals surface area contributed by atoms with Crippen LogP contribution in [0.3, 0.4) is 0 Å². The maximum Gasteiger partial charge on any atom is 0.331 e. The van der Waals surface area contributed by atoms with Gasteiger partial charge in [0.05, 0.1) is 4.88 Å². The fraction of sp³-hybridized carbons (Fsp3) is 0.545. The molecule has 1 atom stereocenters. The third kappa shape index (κ3) is 2.51. The second-order valence-electron chi connectivity index (χ2n) is 5.04. The molecular weight excluding hydrogens is 254 g/mol. The van der Waals surface area contributed by atoms with Crippen LogP contribution >= 0.6 is 11.3 Å². The highest BCUT2D eigenvalue weighted by Gasteiger charge is 2.37. The van der Waals surface area contributed by atoms with Crippen molar-refractivity contribution in [2.24, 2.45) is 0 Å². The summed E-state index contributed by atoms with van der Waals surface area (Å²) in [5, 5.41) is 3.18. The van der Waals surface area contributed by atoms with Gasteiger partial charge in [-0.15, -0.1) is 11.3 Å². The molecule has 7 heteroatoms. The average molecular weight is 269 g/mol. The van der Waals surface area contributed by atoms with E-state index in [0.29, 0.717) is 11.7 Å². The van der Waals surface area contributed by atoms with Crippen molar-refractivity contribution in [2.75, 3.05) is 5.73 Å². The van der Waals surface area contributed by atoms with Crippen LogP contribution in [0.2, 0.25) is 0 Å². The lowest BCUT2D eigenvalue weighted by molar-refractivity contribution is -0.156. The van der Waals surface area contributed by atoms with E-state index in [2.05, 4.69) is 10.3 Å². The number of carbonyl (C=O) groups excluding carboxylic acids is 2. The Morgan fingerprint density at radius 1 is 1.56 bits per heavy atom. The zero-order valence-corrected chi connectivity index (χ0v) is 11.3. The number of esters is 1. The third-order valence-electron chi connectivity index (χ3n) is 2.32. The molecule has 1 aromatic heterocycles. The van der Waals surface area contributed by atoms with Gasteiger partial charge in [-0.1, -0.05) is 0 Å². The van der Waals surface area contributed by atoms with E-state index in [1.54, 1.807) is 20.8 Å². The number of aromatic nitrogens is 1. The molecule has 0 radical (unpaired) electrons. The van der Waals surface area contributed by atoms with Crippen molar-refractivity contribution in [3.63, 3.8) is 0 Å². The number of ketones is 1. The van der Waals surface area contributed by atoms with Crippen LogP contribution in [0.5, 0.6) is 0 Å². The van der Waals surface area contributed by atoms with Gasteiger partial charge < -0.3 is 10.5 Å². The molecule has 1 aliphatic rings. The van der Waals surface area contributed by atoms with Gasteiger partial charge in [-0.25, -0.2) is 9.78 Å². The second kappa shape index (κ2) is 4.33. The van der Waals surface area contributed by atoms with E-state index in [1.165, 1.54) is 11.3 Å². The minimum Gasteiger partial charge on any atom is -0.458 e. The molecule has 0 saturated heterocycles. The molecule has 2 heterocycles. The van der Waals surface area contributed by atoms with Gasteiger partial charge in [-0.2, -0.15) is 0 Å². The highest BCUT2D eigenvalue weighted by molar-refractivity contribution is 7.15. The Morgan fingerprint density at radius 2 is 2.22 bits per heavy atom. The summed E-state index contributed by atoms with van der Waals surface area (Å²) < 4.78 is 5.19. The quantitative estimate of drug-likeness (QED) is 0.576. The third-order valence-corrected chi connectivity index (χ3v) is 3.20. The summed E-state index contributed by atoms with van der Waals surface area (Å²) in [6, 6.07) is -0.988. The predicted octanol–water partition coefficient (Wildman–Crippen LogP) is 0.722. The first-order valence-electron chi connectivity index (χ1n) is 5.53. The first-order chi connectivity index (χ1) is 8.28. The highest BCUT2D eigenvalue weighted by Crippen LogP contribution is 2.25. The molecule has 0 amide bonds. The number of anilines is 1. The van der Waals surface area contributed by atoms with Gasteiger partial charge >= 0.3 is 5.97 Å². The number of ether oxygens (including phenoxy) is 1. The predicted molar refractivity (Wildman–Crippen MR) is 67.3 cm³/mol. The lowest BCUT2D eigenvalue weighted by Gasteiger charge is -2.25. The van der Waals surface area contributed by atoms with Crippen molar-refractivity contribution in [3.8, 4) is 0 Å². The molecule has 0 spiro atoms. The number of nitrogen functional groups attached to an aromatic ring is 1. The van der Waals surface area contributed by atoms with E-state index in [9.17, 15) is 9.59 Å². The number of hydrogen-bond donors (Lipinski definition) is 2. The Kier molecular flexibility index (Phi) is 3.12. The molecule has 18 heavy (non-hydrogen) atoms. The molecule has 98 valence electrons. The van der Waals surface area contributed by atoms with Gasteiger partial charge in [0, 0.05) is 6.54 Å². The van der Waals surface area contributed by atoms with Gasteiger partial charge in [0.1, 0.15) is 11.3 Å². The van der Waals surface area contributed by atoms with Crippen LogP contribution in [-0.2, 0) is 16.1 Å². The van der Waals surface area contributed by atoms with E-state index in [4.69, 9.17) is 10.5 Å².